The first-order valence-electron chi connectivity index (χ1n) is 10.4. The zero-order valence-electron chi connectivity index (χ0n) is 16.9. The van der Waals surface area contributed by atoms with E-state index in [1.54, 1.807) is 36.0 Å². The molecule has 0 aliphatic rings. The number of unbranched alkanes of at least 4 members (excludes halogenated alkanes) is 6. The molecule has 5 nitrogen and oxygen atoms in total. The maximum absolute atomic E-state index is 12.4. The third-order valence-corrected chi connectivity index (χ3v) is 5.78. The molecule has 0 aliphatic carbocycles. The molecule has 3 aromatic rings. The summed E-state index contributed by atoms with van der Waals surface area (Å²) < 4.78 is 0. The zero-order chi connectivity index (χ0) is 20.3. The van der Waals surface area contributed by atoms with Crippen LogP contribution in [0.3, 0.4) is 0 Å². The molecule has 0 fully saturated rings. The Morgan fingerprint density at radius 2 is 1.83 bits per heavy atom. The van der Waals surface area contributed by atoms with E-state index in [9.17, 15) is 4.79 Å². The summed E-state index contributed by atoms with van der Waals surface area (Å²) in [6, 6.07) is 9.41. The third kappa shape index (κ3) is 6.46. The summed E-state index contributed by atoms with van der Waals surface area (Å²) in [6.45, 7) is 2.93. The quantitative estimate of drug-likeness (QED) is 0.410. The first-order valence-corrected chi connectivity index (χ1v) is 11.2. The van der Waals surface area contributed by atoms with E-state index in [-0.39, 0.29) is 5.91 Å². The molecule has 3 heterocycles. The number of nitrogens with zero attached hydrogens (tertiary/aromatic N) is 3. The second kappa shape index (κ2) is 11.4. The molecule has 0 spiro atoms. The van der Waals surface area contributed by atoms with Crippen molar-refractivity contribution in [2.45, 2.75) is 51.9 Å². The van der Waals surface area contributed by atoms with E-state index in [1.807, 2.05) is 24.3 Å². The Bertz CT molecular complexity index is 895. The standard InChI is InChI=1S/C23H28N4OS/c1-2-3-4-5-6-7-8-15-25-22(28)20-13-9-12-19(27-20)21-17-26-23(29-21)18-11-10-14-24-16-18/h9-14,16-17H,2-8,15H2,1H3,(H,25,28). The van der Waals surface area contributed by atoms with E-state index in [0.717, 1.165) is 34.0 Å². The van der Waals surface area contributed by atoms with Crippen LogP contribution in [-0.2, 0) is 0 Å². The van der Waals surface area contributed by atoms with Crippen molar-refractivity contribution < 1.29 is 4.79 Å². The minimum Gasteiger partial charge on any atom is -0.351 e. The maximum Gasteiger partial charge on any atom is 0.269 e. The van der Waals surface area contributed by atoms with Crippen LogP contribution in [-0.4, -0.2) is 27.4 Å². The van der Waals surface area contributed by atoms with Gasteiger partial charge in [-0.05, 0) is 30.7 Å². The fourth-order valence-corrected chi connectivity index (χ4v) is 3.96. The van der Waals surface area contributed by atoms with Crippen molar-refractivity contribution in [2.75, 3.05) is 6.54 Å². The normalized spacial score (nSPS) is 10.8. The lowest BCUT2D eigenvalue weighted by Crippen LogP contribution is -2.25. The number of hydrogen-bond donors (Lipinski definition) is 1. The van der Waals surface area contributed by atoms with E-state index in [1.165, 1.54) is 32.1 Å². The summed E-state index contributed by atoms with van der Waals surface area (Å²) in [7, 11) is 0. The van der Waals surface area contributed by atoms with Gasteiger partial charge in [-0.2, -0.15) is 0 Å². The SMILES string of the molecule is CCCCCCCCCNC(=O)c1cccc(-c2cnc(-c3cccnc3)s2)n1. The summed E-state index contributed by atoms with van der Waals surface area (Å²) in [5.41, 5.74) is 2.19. The molecule has 0 saturated heterocycles. The predicted molar refractivity (Wildman–Crippen MR) is 119 cm³/mol. The first kappa shape index (κ1) is 21.1. The van der Waals surface area contributed by atoms with Gasteiger partial charge in [-0.25, -0.2) is 9.97 Å². The lowest BCUT2D eigenvalue weighted by Gasteiger charge is -2.06. The largest absolute Gasteiger partial charge is 0.351 e. The van der Waals surface area contributed by atoms with Crippen LogP contribution in [0.5, 0.6) is 0 Å². The van der Waals surface area contributed by atoms with Crippen LogP contribution >= 0.6 is 11.3 Å². The summed E-state index contributed by atoms with van der Waals surface area (Å²) in [4.78, 5) is 26.5. The van der Waals surface area contributed by atoms with E-state index in [4.69, 9.17) is 0 Å². The van der Waals surface area contributed by atoms with Crippen LogP contribution in [0, 0.1) is 0 Å². The van der Waals surface area contributed by atoms with Crippen LogP contribution in [0.15, 0.2) is 48.9 Å². The van der Waals surface area contributed by atoms with Gasteiger partial charge in [-0.3, -0.25) is 9.78 Å². The molecule has 6 heteroatoms. The molecule has 0 bridgehead atoms. The summed E-state index contributed by atoms with van der Waals surface area (Å²) in [5, 5.41) is 3.88. The van der Waals surface area contributed by atoms with Gasteiger partial charge in [0.1, 0.15) is 10.7 Å². The first-order chi connectivity index (χ1) is 14.3. The summed E-state index contributed by atoms with van der Waals surface area (Å²) >= 11 is 1.55. The maximum atomic E-state index is 12.4. The Hall–Kier alpha value is -2.60. The van der Waals surface area contributed by atoms with Gasteiger partial charge >= 0.3 is 0 Å². The molecule has 0 atom stereocenters. The van der Waals surface area contributed by atoms with Crippen LogP contribution < -0.4 is 5.32 Å². The van der Waals surface area contributed by atoms with Crippen molar-refractivity contribution in [2.24, 2.45) is 0 Å². The second-order valence-corrected chi connectivity index (χ2v) is 8.09. The number of nitrogens with one attached hydrogen (secondary N) is 1. The molecular formula is C23H28N4OS. The van der Waals surface area contributed by atoms with Gasteiger partial charge in [0.2, 0.25) is 0 Å². The molecule has 0 aliphatic heterocycles. The summed E-state index contributed by atoms with van der Waals surface area (Å²) in [5.74, 6) is -0.116. The highest BCUT2D eigenvalue weighted by Gasteiger charge is 2.11. The molecule has 3 aromatic heterocycles. The molecule has 1 N–H and O–H groups in total. The number of carbonyl (C=O) groups excluding carboxylic acids is 1. The monoisotopic (exact) mass is 408 g/mol. The molecule has 0 aromatic carbocycles. The van der Waals surface area contributed by atoms with E-state index in [2.05, 4.69) is 27.2 Å². The van der Waals surface area contributed by atoms with Gasteiger partial charge in [0.25, 0.3) is 5.91 Å². The lowest BCUT2D eigenvalue weighted by molar-refractivity contribution is 0.0948. The lowest BCUT2D eigenvalue weighted by atomic mass is 10.1. The van der Waals surface area contributed by atoms with Crippen LogP contribution in [0.2, 0.25) is 0 Å². The molecular weight excluding hydrogens is 380 g/mol. The predicted octanol–water partition coefficient (Wildman–Crippen LogP) is 5.75. The van der Waals surface area contributed by atoms with Gasteiger partial charge < -0.3 is 5.32 Å². The van der Waals surface area contributed by atoms with Crippen molar-refractivity contribution in [3.05, 3.63) is 54.6 Å². The van der Waals surface area contributed by atoms with E-state index < -0.39 is 0 Å². The second-order valence-electron chi connectivity index (χ2n) is 7.06. The molecule has 152 valence electrons. The minimum atomic E-state index is -0.116. The van der Waals surface area contributed by atoms with Crippen molar-refractivity contribution in [3.63, 3.8) is 0 Å². The Morgan fingerprint density at radius 3 is 2.62 bits per heavy atom. The smallest absolute Gasteiger partial charge is 0.269 e. The average Bonchev–Trinajstić information content (AvgIpc) is 3.26. The van der Waals surface area contributed by atoms with Gasteiger partial charge in [0.05, 0.1) is 10.6 Å². The minimum absolute atomic E-state index is 0.116. The molecule has 0 unspecified atom stereocenters. The van der Waals surface area contributed by atoms with Crippen molar-refractivity contribution in [1.82, 2.24) is 20.3 Å². The Labute approximate surface area is 176 Å². The van der Waals surface area contributed by atoms with Crippen molar-refractivity contribution in [1.29, 1.82) is 0 Å². The Morgan fingerprint density at radius 1 is 1.00 bits per heavy atom. The number of pyridine rings is 2. The number of rotatable bonds is 11. The average molecular weight is 409 g/mol. The number of thiazole rings is 1. The van der Waals surface area contributed by atoms with E-state index in [0.29, 0.717) is 12.2 Å². The number of hydrogen-bond acceptors (Lipinski definition) is 5. The molecule has 0 radical (unpaired) electrons. The summed E-state index contributed by atoms with van der Waals surface area (Å²) in [6.07, 6.45) is 14.0. The van der Waals surface area contributed by atoms with Gasteiger partial charge in [-0.1, -0.05) is 51.5 Å². The Balaban J connectivity index is 1.52. The molecule has 1 amide bonds. The molecule has 3 rings (SSSR count). The number of carbonyl (C=O) groups is 1. The van der Waals surface area contributed by atoms with Crippen molar-refractivity contribution >= 4 is 17.2 Å². The van der Waals surface area contributed by atoms with Gasteiger partial charge in [0.15, 0.2) is 0 Å². The highest BCUT2D eigenvalue weighted by Crippen LogP contribution is 2.30. The molecule has 29 heavy (non-hydrogen) atoms. The zero-order valence-corrected chi connectivity index (χ0v) is 17.8. The van der Waals surface area contributed by atoms with Gasteiger partial charge in [-0.15, -0.1) is 11.3 Å². The Kier molecular flexibility index (Phi) is 8.31. The highest BCUT2D eigenvalue weighted by atomic mass is 32.1. The van der Waals surface area contributed by atoms with Crippen molar-refractivity contribution in [3.8, 4) is 21.1 Å². The molecule has 0 saturated carbocycles. The van der Waals surface area contributed by atoms with E-state index >= 15 is 0 Å². The van der Waals surface area contributed by atoms with Gasteiger partial charge in [0, 0.05) is 30.7 Å². The topological polar surface area (TPSA) is 67.8 Å². The highest BCUT2D eigenvalue weighted by molar-refractivity contribution is 7.18. The fraction of sp³-hybridized carbons (Fsp3) is 0.391. The van der Waals surface area contributed by atoms with Crippen LogP contribution in [0.1, 0.15) is 62.4 Å². The number of aromatic nitrogens is 3. The fourth-order valence-electron chi connectivity index (χ4n) is 3.09. The third-order valence-electron chi connectivity index (χ3n) is 4.71. The number of amides is 1. The van der Waals surface area contributed by atoms with Crippen LogP contribution in [0.25, 0.3) is 21.1 Å². The van der Waals surface area contributed by atoms with Crippen LogP contribution in [0.4, 0.5) is 0 Å².